The zero-order chi connectivity index (χ0) is 28.1. The number of allylic oxidation sites excluding steroid dienone is 4. The molecule has 9 heteroatoms. The van der Waals surface area contributed by atoms with Crippen molar-refractivity contribution in [1.29, 1.82) is 0 Å². The standard InChI is InChI=1S/C30H35ClF2N2O4/c1-27-10-9-20(36)12-23(27)24(32)13-22-21-11-18-16-35(15-17-5-7-19(31)8-6-17)39-30(18,26(38)34(3)4)28(21,2)14-25(37)29(22,27)33/h5-10,12,18,21-22,24-25,37H,11,13-16H2,1-4H3/t18-,21?,22-,24-,25-,27-,28-,29-,30-/m0/s1. The lowest BCUT2D eigenvalue weighted by atomic mass is 9.44. The fraction of sp³-hybridized carbons (Fsp3) is 0.600. The van der Waals surface area contributed by atoms with E-state index in [1.807, 2.05) is 19.1 Å². The number of aliphatic hydroxyl groups is 1. The minimum absolute atomic E-state index is 0.0167. The third-order valence-electron chi connectivity index (χ3n) is 10.7. The molecule has 1 heterocycles. The van der Waals surface area contributed by atoms with Gasteiger partial charge >= 0.3 is 0 Å². The van der Waals surface area contributed by atoms with Crippen molar-refractivity contribution < 1.29 is 28.3 Å². The van der Waals surface area contributed by atoms with Crippen molar-refractivity contribution in [3.05, 3.63) is 58.7 Å². The number of alkyl halides is 2. The first-order valence-electron chi connectivity index (χ1n) is 13.6. The third-order valence-corrected chi connectivity index (χ3v) is 10.9. The number of benzene rings is 1. The Labute approximate surface area is 232 Å². The predicted molar refractivity (Wildman–Crippen MR) is 142 cm³/mol. The van der Waals surface area contributed by atoms with Gasteiger partial charge in [-0.15, -0.1) is 0 Å². The first-order valence-corrected chi connectivity index (χ1v) is 14.0. The molecule has 4 fully saturated rings. The van der Waals surface area contributed by atoms with Gasteiger partial charge in [0.05, 0.1) is 6.10 Å². The number of carbonyl (C=O) groups excluding carboxylic acids is 2. The summed E-state index contributed by atoms with van der Waals surface area (Å²) in [4.78, 5) is 34.3. The molecule has 6 nitrogen and oxygen atoms in total. The predicted octanol–water partition coefficient (Wildman–Crippen LogP) is 4.46. The summed E-state index contributed by atoms with van der Waals surface area (Å²) in [6.45, 7) is 4.39. The number of carbonyl (C=O) groups is 2. The van der Waals surface area contributed by atoms with E-state index in [9.17, 15) is 14.7 Å². The van der Waals surface area contributed by atoms with Crippen molar-refractivity contribution in [3.63, 3.8) is 0 Å². The number of halogens is 3. The molecule has 1 aromatic rings. The highest BCUT2D eigenvalue weighted by Crippen LogP contribution is 2.72. The fourth-order valence-corrected chi connectivity index (χ4v) is 9.03. The molecule has 5 aliphatic rings. The van der Waals surface area contributed by atoms with E-state index in [-0.39, 0.29) is 36.0 Å². The summed E-state index contributed by atoms with van der Waals surface area (Å²) in [6.07, 6.45) is 1.22. The minimum Gasteiger partial charge on any atom is -0.390 e. The second-order valence-corrected chi connectivity index (χ2v) is 13.2. The Bertz CT molecular complexity index is 1290. The van der Waals surface area contributed by atoms with Gasteiger partial charge in [-0.25, -0.2) is 8.78 Å². The summed E-state index contributed by atoms with van der Waals surface area (Å²) in [5, 5.41) is 14.1. The summed E-state index contributed by atoms with van der Waals surface area (Å²) in [6, 6.07) is 7.42. The van der Waals surface area contributed by atoms with E-state index in [0.29, 0.717) is 24.5 Å². The highest BCUT2D eigenvalue weighted by atomic mass is 35.5. The summed E-state index contributed by atoms with van der Waals surface area (Å²) < 4.78 is 33.3. The van der Waals surface area contributed by atoms with Crippen molar-refractivity contribution in [3.8, 4) is 0 Å². The number of nitrogens with zero attached hydrogens (tertiary/aromatic N) is 2. The molecule has 1 N–H and O–H groups in total. The SMILES string of the molecule is CN(C)C(=O)[C@@]12ON(Cc3ccc(Cl)cc3)C[C@@H]1CC1[C@@H]3C[C@H](F)C4=CC(=O)C=C[C@]4(C)[C@@]3(F)[C@@H](O)C[C@@]12C. The summed E-state index contributed by atoms with van der Waals surface area (Å²) >= 11 is 6.05. The summed E-state index contributed by atoms with van der Waals surface area (Å²) in [5.74, 6) is -2.12. The molecule has 0 spiro atoms. The number of amides is 1. The second-order valence-electron chi connectivity index (χ2n) is 12.8. The Morgan fingerprint density at radius 2 is 1.90 bits per heavy atom. The first-order chi connectivity index (χ1) is 18.3. The van der Waals surface area contributed by atoms with Gasteiger partial charge in [-0.1, -0.05) is 36.7 Å². The molecule has 1 aromatic carbocycles. The lowest BCUT2D eigenvalue weighted by Crippen LogP contribution is -2.71. The van der Waals surface area contributed by atoms with E-state index in [1.54, 1.807) is 38.2 Å². The van der Waals surface area contributed by atoms with Gasteiger partial charge in [-0.2, -0.15) is 5.06 Å². The number of aliphatic hydroxyl groups excluding tert-OH is 1. The molecular weight excluding hydrogens is 526 g/mol. The van der Waals surface area contributed by atoms with Crippen LogP contribution in [-0.2, 0) is 21.0 Å². The largest absolute Gasteiger partial charge is 0.390 e. The van der Waals surface area contributed by atoms with Crippen LogP contribution in [0.3, 0.4) is 0 Å². The zero-order valence-electron chi connectivity index (χ0n) is 22.7. The lowest BCUT2D eigenvalue weighted by molar-refractivity contribution is -0.272. The van der Waals surface area contributed by atoms with Gasteiger partial charge in [-0.05, 0) is 67.5 Å². The van der Waals surface area contributed by atoms with Crippen molar-refractivity contribution >= 4 is 23.3 Å². The van der Waals surface area contributed by atoms with Gasteiger partial charge in [0.25, 0.3) is 5.91 Å². The maximum Gasteiger partial charge on any atom is 0.257 e. The number of hydroxylamine groups is 2. The normalized spacial score (nSPS) is 44.8. The second kappa shape index (κ2) is 8.68. The summed E-state index contributed by atoms with van der Waals surface area (Å²) in [5.41, 5.74) is -4.84. The van der Waals surface area contributed by atoms with Gasteiger partial charge in [0.2, 0.25) is 0 Å². The first kappa shape index (κ1) is 27.1. The van der Waals surface area contributed by atoms with E-state index in [4.69, 9.17) is 16.4 Å². The molecule has 0 radical (unpaired) electrons. The molecule has 0 aromatic heterocycles. The van der Waals surface area contributed by atoms with E-state index in [0.717, 1.165) is 5.56 Å². The molecule has 9 atom stereocenters. The molecule has 6 rings (SSSR count). The van der Waals surface area contributed by atoms with Crippen LogP contribution in [0.2, 0.25) is 5.02 Å². The minimum atomic E-state index is -2.19. The highest BCUT2D eigenvalue weighted by Gasteiger charge is 2.80. The summed E-state index contributed by atoms with van der Waals surface area (Å²) in [7, 11) is 3.35. The molecule has 3 saturated carbocycles. The van der Waals surface area contributed by atoms with Gasteiger partial charge < -0.3 is 10.0 Å². The van der Waals surface area contributed by atoms with E-state index >= 15 is 8.78 Å². The Morgan fingerprint density at radius 3 is 2.56 bits per heavy atom. The van der Waals surface area contributed by atoms with Crippen LogP contribution in [-0.4, -0.2) is 70.9 Å². The van der Waals surface area contributed by atoms with Gasteiger partial charge in [0, 0.05) is 54.9 Å². The molecule has 1 unspecified atom stereocenters. The van der Waals surface area contributed by atoms with E-state index < -0.39 is 46.2 Å². The Balaban J connectivity index is 1.41. The molecule has 1 saturated heterocycles. The van der Waals surface area contributed by atoms with Gasteiger partial charge in [0.1, 0.15) is 6.17 Å². The molecule has 210 valence electrons. The van der Waals surface area contributed by atoms with Gasteiger partial charge in [0.15, 0.2) is 17.1 Å². The number of rotatable bonds is 3. The van der Waals surface area contributed by atoms with Crippen LogP contribution in [0.15, 0.2) is 48.1 Å². The molecule has 1 aliphatic heterocycles. The Hall–Kier alpha value is -2.13. The van der Waals surface area contributed by atoms with Crippen LogP contribution in [0.1, 0.15) is 38.7 Å². The van der Waals surface area contributed by atoms with Crippen molar-refractivity contribution in [1.82, 2.24) is 9.96 Å². The average Bonchev–Trinajstić information content (AvgIpc) is 3.35. The fourth-order valence-electron chi connectivity index (χ4n) is 8.90. The highest BCUT2D eigenvalue weighted by molar-refractivity contribution is 6.30. The lowest BCUT2D eigenvalue weighted by Gasteiger charge is -2.63. The van der Waals surface area contributed by atoms with Crippen molar-refractivity contribution in [2.75, 3.05) is 20.6 Å². The number of ketones is 1. The number of hydrogen-bond donors (Lipinski definition) is 1. The van der Waals surface area contributed by atoms with E-state index in [1.165, 1.54) is 23.1 Å². The topological polar surface area (TPSA) is 70.1 Å². The van der Waals surface area contributed by atoms with Crippen LogP contribution < -0.4 is 0 Å². The maximum atomic E-state index is 17.5. The monoisotopic (exact) mass is 560 g/mol. The van der Waals surface area contributed by atoms with Crippen LogP contribution in [0, 0.1) is 28.6 Å². The molecule has 39 heavy (non-hydrogen) atoms. The molecule has 1 amide bonds. The van der Waals surface area contributed by atoms with Gasteiger partial charge in [-0.3, -0.25) is 14.4 Å². The van der Waals surface area contributed by atoms with Crippen LogP contribution >= 0.6 is 11.6 Å². The Morgan fingerprint density at radius 1 is 1.21 bits per heavy atom. The zero-order valence-corrected chi connectivity index (χ0v) is 23.4. The van der Waals surface area contributed by atoms with E-state index in [2.05, 4.69) is 0 Å². The van der Waals surface area contributed by atoms with Crippen molar-refractivity contribution in [2.24, 2.45) is 28.6 Å². The van der Waals surface area contributed by atoms with Crippen LogP contribution in [0.5, 0.6) is 0 Å². The smallest absolute Gasteiger partial charge is 0.257 e. The Kier molecular flexibility index (Phi) is 6.03. The number of fused-ring (bicyclic) bond motifs is 7. The van der Waals surface area contributed by atoms with Crippen molar-refractivity contribution in [2.45, 2.75) is 63.2 Å². The molecule has 4 aliphatic carbocycles. The average molecular weight is 561 g/mol. The van der Waals surface area contributed by atoms with Crippen LogP contribution in [0.4, 0.5) is 8.78 Å². The third kappa shape index (κ3) is 3.41. The number of hydrogen-bond acceptors (Lipinski definition) is 5. The quantitative estimate of drug-likeness (QED) is 0.591. The molecular formula is C30H35ClF2N2O4. The molecule has 0 bridgehead atoms. The van der Waals surface area contributed by atoms with Crippen LogP contribution in [0.25, 0.3) is 0 Å². The number of likely N-dealkylation sites (N-methyl/N-ethyl adjacent to an activating group) is 1. The maximum absolute atomic E-state index is 17.5.